The highest BCUT2D eigenvalue weighted by molar-refractivity contribution is 5.85. The maximum absolute atomic E-state index is 13.2. The zero-order valence-corrected chi connectivity index (χ0v) is 14.1. The number of aliphatic hydroxyl groups is 3. The van der Waals surface area contributed by atoms with Gasteiger partial charge in [-0.3, -0.25) is 4.79 Å². The summed E-state index contributed by atoms with van der Waals surface area (Å²) in [5.74, 6) is -2.12. The fourth-order valence-corrected chi connectivity index (χ4v) is 7.06. The number of nitrogens with zero attached hydrogens (tertiary/aromatic N) is 2. The van der Waals surface area contributed by atoms with E-state index < -0.39 is 34.8 Å². The van der Waals surface area contributed by atoms with Crippen LogP contribution in [0, 0.1) is 34.5 Å². The van der Waals surface area contributed by atoms with E-state index >= 15 is 0 Å². The van der Waals surface area contributed by atoms with Crippen molar-refractivity contribution in [3.8, 4) is 6.07 Å². The highest BCUT2D eigenvalue weighted by Crippen LogP contribution is 2.63. The monoisotopic (exact) mass is 347 g/mol. The van der Waals surface area contributed by atoms with Crippen molar-refractivity contribution < 1.29 is 20.1 Å². The van der Waals surface area contributed by atoms with E-state index in [4.69, 9.17) is 5.73 Å². The first-order valence-corrected chi connectivity index (χ1v) is 9.34. The fraction of sp³-hybridized carbons (Fsp3) is 0.889. The fourth-order valence-electron chi connectivity index (χ4n) is 7.06. The molecule has 0 aromatic heterocycles. The third-order valence-corrected chi connectivity index (χ3v) is 7.72. The van der Waals surface area contributed by atoms with Crippen LogP contribution in [-0.2, 0) is 4.79 Å². The van der Waals surface area contributed by atoms with Crippen molar-refractivity contribution in [3.05, 3.63) is 0 Å². The highest BCUT2D eigenvalue weighted by atomic mass is 16.5. The standard InChI is InChI=1S/C18H25N3O4/c19-7-13-18(24,25)11-2-12(11)21(13)15(22)14(20)16-3-9-1-10(4-16)6-17(23,5-9)8-16/h9-14,23-25H,1-6,8,20H2. The molecule has 5 saturated carbocycles. The largest absolute Gasteiger partial charge is 0.390 e. The van der Waals surface area contributed by atoms with Crippen LogP contribution in [0.15, 0.2) is 0 Å². The summed E-state index contributed by atoms with van der Waals surface area (Å²) in [5, 5.41) is 40.7. The molecule has 7 nitrogen and oxygen atoms in total. The van der Waals surface area contributed by atoms with Crippen molar-refractivity contribution in [2.75, 3.05) is 0 Å². The summed E-state index contributed by atoms with van der Waals surface area (Å²) in [6.45, 7) is 0. The Hall–Kier alpha value is -1.20. The van der Waals surface area contributed by atoms with Gasteiger partial charge < -0.3 is 26.0 Å². The molecule has 136 valence electrons. The second-order valence-electron chi connectivity index (χ2n) is 9.50. The molecule has 5 aliphatic carbocycles. The predicted octanol–water partition coefficient (Wildman–Crippen LogP) is -0.551. The first-order chi connectivity index (χ1) is 11.7. The number of rotatable bonds is 2. The van der Waals surface area contributed by atoms with Gasteiger partial charge in [0, 0.05) is 12.0 Å². The molecule has 1 saturated heterocycles. The van der Waals surface area contributed by atoms with Crippen LogP contribution in [0.3, 0.4) is 0 Å². The van der Waals surface area contributed by atoms with E-state index in [1.54, 1.807) is 0 Å². The molecule has 0 spiro atoms. The van der Waals surface area contributed by atoms with Crippen LogP contribution in [0.25, 0.3) is 0 Å². The van der Waals surface area contributed by atoms with Gasteiger partial charge in [-0.05, 0) is 62.2 Å². The van der Waals surface area contributed by atoms with Crippen LogP contribution in [0.2, 0.25) is 0 Å². The Labute approximate surface area is 146 Å². The molecule has 1 heterocycles. The van der Waals surface area contributed by atoms with E-state index in [1.807, 2.05) is 6.07 Å². The van der Waals surface area contributed by atoms with Gasteiger partial charge in [-0.1, -0.05) is 0 Å². The normalized spacial score (nSPS) is 52.6. The van der Waals surface area contributed by atoms with Gasteiger partial charge >= 0.3 is 0 Å². The van der Waals surface area contributed by atoms with Gasteiger partial charge in [0.15, 0.2) is 6.04 Å². The Morgan fingerprint density at radius 1 is 1.16 bits per heavy atom. The number of carbonyl (C=O) groups excluding carboxylic acids is 1. The van der Waals surface area contributed by atoms with Crippen LogP contribution in [0.5, 0.6) is 0 Å². The molecule has 1 amide bonds. The zero-order valence-electron chi connectivity index (χ0n) is 14.1. The molecular formula is C18H25N3O4. The van der Waals surface area contributed by atoms with Gasteiger partial charge in [0.25, 0.3) is 0 Å². The molecule has 6 fully saturated rings. The van der Waals surface area contributed by atoms with Crippen molar-refractivity contribution in [1.29, 1.82) is 5.26 Å². The van der Waals surface area contributed by atoms with Gasteiger partial charge in [-0.2, -0.15) is 5.26 Å². The SMILES string of the molecule is N#CC1N(C(=O)C(N)C23CC4CC(CC(O)(C4)C2)C3)C2CC2C1(O)O. The van der Waals surface area contributed by atoms with Crippen LogP contribution in [0.1, 0.15) is 44.9 Å². The number of fused-ring (bicyclic) bond motifs is 1. The number of hydrogen-bond donors (Lipinski definition) is 4. The summed E-state index contributed by atoms with van der Waals surface area (Å²) in [6.07, 6.45) is 5.46. The number of amides is 1. The first kappa shape index (κ1) is 16.0. The van der Waals surface area contributed by atoms with Gasteiger partial charge in [-0.25, -0.2) is 0 Å². The summed E-state index contributed by atoms with van der Waals surface area (Å²) in [4.78, 5) is 14.5. The van der Waals surface area contributed by atoms with Crippen LogP contribution >= 0.6 is 0 Å². The maximum atomic E-state index is 13.2. The summed E-state index contributed by atoms with van der Waals surface area (Å²) in [5.41, 5.74) is 5.34. The minimum absolute atomic E-state index is 0.296. The third-order valence-electron chi connectivity index (χ3n) is 7.72. The molecule has 0 aromatic rings. The van der Waals surface area contributed by atoms with Gasteiger partial charge in [0.1, 0.15) is 0 Å². The van der Waals surface area contributed by atoms with E-state index in [0.717, 1.165) is 32.1 Å². The molecule has 1 aliphatic heterocycles. The second-order valence-corrected chi connectivity index (χ2v) is 9.50. The van der Waals surface area contributed by atoms with E-state index in [1.165, 1.54) is 4.90 Å². The molecule has 5 N–H and O–H groups in total. The van der Waals surface area contributed by atoms with E-state index in [2.05, 4.69) is 0 Å². The molecule has 6 rings (SSSR count). The predicted molar refractivity (Wildman–Crippen MR) is 85.4 cm³/mol. The molecule has 6 unspecified atom stereocenters. The lowest BCUT2D eigenvalue weighted by Gasteiger charge is -2.61. The van der Waals surface area contributed by atoms with Gasteiger partial charge in [-0.15, -0.1) is 0 Å². The summed E-state index contributed by atoms with van der Waals surface area (Å²) < 4.78 is 0. The third kappa shape index (κ3) is 1.97. The average Bonchev–Trinajstić information content (AvgIpc) is 3.25. The molecule has 4 bridgehead atoms. The Balaban J connectivity index is 1.44. The van der Waals surface area contributed by atoms with Crippen molar-refractivity contribution in [2.45, 2.75) is 74.5 Å². The minimum atomic E-state index is -2.14. The number of nitriles is 1. The maximum Gasteiger partial charge on any atom is 0.241 e. The van der Waals surface area contributed by atoms with Crippen molar-refractivity contribution in [1.82, 2.24) is 4.90 Å². The molecule has 25 heavy (non-hydrogen) atoms. The Bertz CT molecular complexity index is 672. The Morgan fingerprint density at radius 2 is 1.80 bits per heavy atom. The molecule has 6 atom stereocenters. The van der Waals surface area contributed by atoms with E-state index in [0.29, 0.717) is 24.7 Å². The van der Waals surface area contributed by atoms with Crippen LogP contribution < -0.4 is 5.73 Å². The quantitative estimate of drug-likeness (QED) is 0.496. The lowest BCUT2D eigenvalue weighted by molar-refractivity contribution is -0.193. The number of carbonyl (C=O) groups is 1. The van der Waals surface area contributed by atoms with Gasteiger partial charge in [0.2, 0.25) is 11.7 Å². The molecule has 0 radical (unpaired) electrons. The number of piperidine rings is 1. The zero-order chi connectivity index (χ0) is 17.8. The first-order valence-electron chi connectivity index (χ1n) is 9.34. The van der Waals surface area contributed by atoms with Crippen LogP contribution in [0.4, 0.5) is 0 Å². The molecule has 7 heteroatoms. The second kappa shape index (κ2) is 4.55. The van der Waals surface area contributed by atoms with Gasteiger partial charge in [0.05, 0.1) is 17.7 Å². The van der Waals surface area contributed by atoms with Crippen molar-refractivity contribution in [3.63, 3.8) is 0 Å². The lowest BCUT2D eigenvalue weighted by Crippen LogP contribution is -2.65. The topological polar surface area (TPSA) is 131 Å². The average molecular weight is 347 g/mol. The summed E-state index contributed by atoms with van der Waals surface area (Å²) in [6, 6.07) is -0.467. The minimum Gasteiger partial charge on any atom is -0.390 e. The smallest absolute Gasteiger partial charge is 0.241 e. The van der Waals surface area contributed by atoms with Crippen molar-refractivity contribution in [2.24, 2.45) is 28.9 Å². The number of nitrogens with two attached hydrogens (primary N) is 1. The van der Waals surface area contributed by atoms with Crippen LogP contribution in [-0.4, -0.2) is 55.6 Å². The number of hydrogen-bond acceptors (Lipinski definition) is 6. The number of likely N-dealkylation sites (tertiary alicyclic amines) is 1. The molecular weight excluding hydrogens is 322 g/mol. The molecule has 6 aliphatic rings. The Morgan fingerprint density at radius 3 is 2.36 bits per heavy atom. The van der Waals surface area contributed by atoms with E-state index in [-0.39, 0.29) is 11.9 Å². The van der Waals surface area contributed by atoms with E-state index in [9.17, 15) is 25.4 Å². The highest BCUT2D eigenvalue weighted by Gasteiger charge is 2.70. The Kier molecular flexibility index (Phi) is 2.91. The summed E-state index contributed by atoms with van der Waals surface area (Å²) >= 11 is 0. The lowest BCUT2D eigenvalue weighted by atomic mass is 9.46. The summed E-state index contributed by atoms with van der Waals surface area (Å²) in [7, 11) is 0. The van der Waals surface area contributed by atoms with Crippen molar-refractivity contribution >= 4 is 5.91 Å². The molecule has 0 aromatic carbocycles.